The molecule has 0 aliphatic carbocycles. The first-order valence-electron chi connectivity index (χ1n) is 11.6. The average molecular weight is 506 g/mol. The number of amides is 1. The van der Waals surface area contributed by atoms with Crippen LogP contribution in [0.3, 0.4) is 0 Å². The number of fused-ring (bicyclic) bond motifs is 1. The number of rotatable bonds is 7. The molecule has 0 bridgehead atoms. The number of nitrogens with one attached hydrogen (secondary N) is 1. The number of carbonyl (C=O) groups excluding carboxylic acids is 2. The molecule has 1 aromatic heterocycles. The number of hydrogen-bond donors (Lipinski definition) is 1. The van der Waals surface area contributed by atoms with E-state index in [2.05, 4.69) is 10.3 Å². The maximum absolute atomic E-state index is 13.6. The van der Waals surface area contributed by atoms with E-state index in [1.165, 1.54) is 18.3 Å². The summed E-state index contributed by atoms with van der Waals surface area (Å²) in [5.74, 6) is 0.0494. The topological polar surface area (TPSA) is 99.0 Å². The zero-order valence-corrected chi connectivity index (χ0v) is 21.3. The van der Waals surface area contributed by atoms with Gasteiger partial charge in [-0.05, 0) is 62.2 Å². The molecule has 0 unspecified atom stereocenters. The van der Waals surface area contributed by atoms with Gasteiger partial charge in [0.05, 0.1) is 35.1 Å². The summed E-state index contributed by atoms with van der Waals surface area (Å²) in [7, 11) is 0. The van der Waals surface area contributed by atoms with Crippen molar-refractivity contribution in [3.63, 3.8) is 0 Å². The van der Waals surface area contributed by atoms with Crippen LogP contribution >= 0.6 is 11.3 Å². The van der Waals surface area contributed by atoms with Gasteiger partial charge in [-0.25, -0.2) is 9.79 Å². The monoisotopic (exact) mass is 505 g/mol. The molecular formula is C27H27N3O5S. The maximum Gasteiger partial charge on any atom is 0.338 e. The largest absolute Gasteiger partial charge is 0.494 e. The van der Waals surface area contributed by atoms with Crippen LogP contribution < -0.4 is 24.9 Å². The first kappa shape index (κ1) is 25.1. The lowest BCUT2D eigenvalue weighted by molar-refractivity contribution is -0.139. The normalized spacial score (nSPS) is 15.2. The summed E-state index contributed by atoms with van der Waals surface area (Å²) >= 11 is 1.26. The Hall–Kier alpha value is -3.98. The van der Waals surface area contributed by atoms with E-state index in [0.717, 1.165) is 11.1 Å². The minimum atomic E-state index is -0.680. The van der Waals surface area contributed by atoms with E-state index in [-0.39, 0.29) is 18.1 Å². The number of ether oxygens (including phenoxy) is 2. The van der Waals surface area contributed by atoms with E-state index in [4.69, 9.17) is 9.47 Å². The summed E-state index contributed by atoms with van der Waals surface area (Å²) in [4.78, 5) is 43.0. The SMILES string of the molecule is CCOC(=O)C1=C(C)N=c2s/c(=C\c3ccc(NC(C)=O)cc3)c(=O)n2[C@H]1c1ccc(OCC)cc1. The van der Waals surface area contributed by atoms with Crippen LogP contribution in [-0.2, 0) is 14.3 Å². The van der Waals surface area contributed by atoms with E-state index in [9.17, 15) is 14.4 Å². The first-order chi connectivity index (χ1) is 17.3. The van der Waals surface area contributed by atoms with Gasteiger partial charge in [-0.15, -0.1) is 0 Å². The highest BCUT2D eigenvalue weighted by Gasteiger charge is 2.33. The fourth-order valence-electron chi connectivity index (χ4n) is 4.04. The molecule has 0 saturated carbocycles. The number of benzene rings is 2. The van der Waals surface area contributed by atoms with Gasteiger partial charge < -0.3 is 14.8 Å². The van der Waals surface area contributed by atoms with Gasteiger partial charge in [0, 0.05) is 12.6 Å². The number of aromatic nitrogens is 1. The van der Waals surface area contributed by atoms with Crippen molar-refractivity contribution in [3.05, 3.63) is 90.6 Å². The van der Waals surface area contributed by atoms with Crippen LogP contribution in [0.5, 0.6) is 5.75 Å². The molecular weight excluding hydrogens is 478 g/mol. The molecule has 0 fully saturated rings. The van der Waals surface area contributed by atoms with Crippen LogP contribution in [0.4, 0.5) is 5.69 Å². The van der Waals surface area contributed by atoms with Gasteiger partial charge in [0.25, 0.3) is 5.56 Å². The standard InChI is InChI=1S/C27H27N3O5S/c1-5-34-21-13-9-19(10-14-21)24-23(26(33)35-6-2)16(3)28-27-30(24)25(32)22(36-27)15-18-7-11-20(12-8-18)29-17(4)31/h7-15,24H,5-6H2,1-4H3,(H,29,31)/b22-15-/t24-/m0/s1. The minimum Gasteiger partial charge on any atom is -0.494 e. The van der Waals surface area contributed by atoms with E-state index < -0.39 is 12.0 Å². The Morgan fingerprint density at radius 1 is 1.08 bits per heavy atom. The van der Waals surface area contributed by atoms with Crippen LogP contribution in [0.2, 0.25) is 0 Å². The third-order valence-corrected chi connectivity index (χ3v) is 6.54. The molecule has 186 valence electrons. The number of carbonyl (C=O) groups is 2. The first-order valence-corrected chi connectivity index (χ1v) is 12.4. The van der Waals surface area contributed by atoms with E-state index in [1.54, 1.807) is 36.6 Å². The summed E-state index contributed by atoms with van der Waals surface area (Å²) in [6, 6.07) is 13.9. The van der Waals surface area contributed by atoms with Crippen molar-refractivity contribution >= 4 is 35.0 Å². The van der Waals surface area contributed by atoms with Gasteiger partial charge in [-0.1, -0.05) is 35.6 Å². The summed E-state index contributed by atoms with van der Waals surface area (Å²) in [5, 5.41) is 2.72. The second-order valence-electron chi connectivity index (χ2n) is 8.11. The zero-order chi connectivity index (χ0) is 25.8. The second kappa shape index (κ2) is 10.7. The Morgan fingerprint density at radius 2 is 1.78 bits per heavy atom. The summed E-state index contributed by atoms with van der Waals surface area (Å²) in [6.45, 7) is 7.60. The van der Waals surface area contributed by atoms with Crippen molar-refractivity contribution in [1.29, 1.82) is 0 Å². The number of esters is 1. The average Bonchev–Trinajstić information content (AvgIpc) is 3.14. The molecule has 1 aliphatic rings. The molecule has 1 aliphatic heterocycles. The number of anilines is 1. The van der Waals surface area contributed by atoms with Gasteiger partial charge in [0.2, 0.25) is 5.91 Å². The summed E-state index contributed by atoms with van der Waals surface area (Å²) < 4.78 is 12.9. The lowest BCUT2D eigenvalue weighted by Crippen LogP contribution is -2.39. The fourth-order valence-corrected chi connectivity index (χ4v) is 5.08. The fraction of sp³-hybridized carbons (Fsp3) is 0.259. The summed E-state index contributed by atoms with van der Waals surface area (Å²) in [5.41, 5.74) is 2.82. The van der Waals surface area contributed by atoms with Crippen molar-refractivity contribution in [3.8, 4) is 5.75 Å². The number of thiazole rings is 1. The Kier molecular flexibility index (Phi) is 7.49. The van der Waals surface area contributed by atoms with Gasteiger partial charge in [-0.3, -0.25) is 14.2 Å². The molecule has 1 amide bonds. The third-order valence-electron chi connectivity index (χ3n) is 5.55. The van der Waals surface area contributed by atoms with Crippen molar-refractivity contribution < 1.29 is 19.1 Å². The zero-order valence-electron chi connectivity index (χ0n) is 20.5. The van der Waals surface area contributed by atoms with Gasteiger partial charge >= 0.3 is 5.97 Å². The van der Waals surface area contributed by atoms with Crippen molar-refractivity contribution in [2.45, 2.75) is 33.7 Å². The highest BCUT2D eigenvalue weighted by Crippen LogP contribution is 2.31. The summed E-state index contributed by atoms with van der Waals surface area (Å²) in [6.07, 6.45) is 1.78. The molecule has 0 saturated heterocycles. The van der Waals surface area contributed by atoms with Gasteiger partial charge in [-0.2, -0.15) is 0 Å². The molecule has 2 heterocycles. The van der Waals surface area contributed by atoms with Crippen LogP contribution in [-0.4, -0.2) is 29.7 Å². The minimum absolute atomic E-state index is 0.155. The van der Waals surface area contributed by atoms with Gasteiger partial charge in [0.15, 0.2) is 4.80 Å². The lowest BCUT2D eigenvalue weighted by Gasteiger charge is -2.24. The van der Waals surface area contributed by atoms with Crippen LogP contribution in [0.1, 0.15) is 44.9 Å². The molecule has 0 spiro atoms. The van der Waals surface area contributed by atoms with E-state index in [0.29, 0.717) is 38.6 Å². The number of nitrogens with zero attached hydrogens (tertiary/aromatic N) is 2. The van der Waals surface area contributed by atoms with E-state index in [1.807, 2.05) is 43.3 Å². The maximum atomic E-state index is 13.6. The van der Waals surface area contributed by atoms with Gasteiger partial charge in [0.1, 0.15) is 5.75 Å². The molecule has 9 heteroatoms. The molecule has 36 heavy (non-hydrogen) atoms. The predicted octanol–water partition coefficient (Wildman–Crippen LogP) is 3.16. The number of allylic oxidation sites excluding steroid dienone is 1. The van der Waals surface area contributed by atoms with Crippen LogP contribution in [0, 0.1) is 0 Å². The van der Waals surface area contributed by atoms with E-state index >= 15 is 0 Å². The van der Waals surface area contributed by atoms with Crippen LogP contribution in [0.15, 0.2) is 69.6 Å². The van der Waals surface area contributed by atoms with Crippen molar-refractivity contribution in [1.82, 2.24) is 4.57 Å². The molecule has 0 radical (unpaired) electrons. The van der Waals surface area contributed by atoms with Crippen molar-refractivity contribution in [2.24, 2.45) is 4.99 Å². The number of hydrogen-bond acceptors (Lipinski definition) is 7. The highest BCUT2D eigenvalue weighted by atomic mass is 32.1. The molecule has 3 aromatic rings. The third kappa shape index (κ3) is 5.16. The second-order valence-corrected chi connectivity index (χ2v) is 9.12. The molecule has 1 N–H and O–H groups in total. The highest BCUT2D eigenvalue weighted by molar-refractivity contribution is 7.07. The quantitative estimate of drug-likeness (QED) is 0.498. The lowest BCUT2D eigenvalue weighted by atomic mass is 9.96. The smallest absolute Gasteiger partial charge is 0.338 e. The van der Waals surface area contributed by atoms with Crippen LogP contribution in [0.25, 0.3) is 6.08 Å². The Balaban J connectivity index is 1.84. The molecule has 4 rings (SSSR count). The molecule has 2 aromatic carbocycles. The Bertz CT molecular complexity index is 1500. The molecule has 8 nitrogen and oxygen atoms in total. The van der Waals surface area contributed by atoms with Crippen molar-refractivity contribution in [2.75, 3.05) is 18.5 Å². The Morgan fingerprint density at radius 3 is 2.39 bits per heavy atom. The molecule has 1 atom stereocenters. The Labute approximate surface area is 212 Å². The predicted molar refractivity (Wildman–Crippen MR) is 139 cm³/mol.